The average molecular weight is 308 g/mol. The van der Waals surface area contributed by atoms with E-state index in [1.165, 1.54) is 0 Å². The first-order chi connectivity index (χ1) is 9.78. The van der Waals surface area contributed by atoms with E-state index >= 15 is 0 Å². The molecular formula is C17H19ClFNO. The highest BCUT2D eigenvalue weighted by atomic mass is 35.5. The van der Waals surface area contributed by atoms with Crippen LogP contribution in [0, 0.1) is 5.82 Å². The SMILES string of the molecule is Cl.NCC[C@H]1CCc2cc(F)cc(-c3ccccc3)c2O1. The Bertz CT molecular complexity index is 603. The standard InChI is InChI=1S/C17H18FNO.ClH/c18-14-10-13-6-7-15(8-9-19)20-17(13)16(11-14)12-4-2-1-3-5-12;/h1-5,10-11,15H,6-9,19H2;1H/t15-;/m1./s1. The van der Waals surface area contributed by atoms with Crippen molar-refractivity contribution in [3.63, 3.8) is 0 Å². The Morgan fingerprint density at radius 1 is 1.19 bits per heavy atom. The number of halogens is 2. The van der Waals surface area contributed by atoms with E-state index in [2.05, 4.69) is 0 Å². The van der Waals surface area contributed by atoms with Gasteiger partial charge in [-0.1, -0.05) is 30.3 Å². The molecule has 0 fully saturated rings. The fraction of sp³-hybridized carbons (Fsp3) is 0.294. The summed E-state index contributed by atoms with van der Waals surface area (Å²) in [6, 6.07) is 12.9. The third kappa shape index (κ3) is 3.36. The Morgan fingerprint density at radius 2 is 1.95 bits per heavy atom. The maximum Gasteiger partial charge on any atom is 0.130 e. The summed E-state index contributed by atoms with van der Waals surface area (Å²) in [5.41, 5.74) is 8.39. The maximum absolute atomic E-state index is 13.8. The topological polar surface area (TPSA) is 35.2 Å². The summed E-state index contributed by atoms with van der Waals surface area (Å²) in [6.45, 7) is 0.613. The molecule has 2 aromatic carbocycles. The van der Waals surface area contributed by atoms with Gasteiger partial charge < -0.3 is 10.5 Å². The second-order valence-corrected chi connectivity index (χ2v) is 5.16. The molecule has 0 unspecified atom stereocenters. The molecule has 0 saturated heterocycles. The third-order valence-electron chi connectivity index (χ3n) is 3.72. The molecule has 112 valence electrons. The highest BCUT2D eigenvalue weighted by molar-refractivity contribution is 5.85. The Hall–Kier alpha value is -1.58. The summed E-state index contributed by atoms with van der Waals surface area (Å²) >= 11 is 0. The molecule has 0 amide bonds. The minimum absolute atomic E-state index is 0. The molecular weight excluding hydrogens is 289 g/mol. The Morgan fingerprint density at radius 3 is 2.67 bits per heavy atom. The monoisotopic (exact) mass is 307 g/mol. The number of hydrogen-bond acceptors (Lipinski definition) is 2. The lowest BCUT2D eigenvalue weighted by atomic mass is 9.94. The van der Waals surface area contributed by atoms with Crippen molar-refractivity contribution in [3.8, 4) is 16.9 Å². The van der Waals surface area contributed by atoms with Crippen LogP contribution in [0.2, 0.25) is 0 Å². The number of benzene rings is 2. The van der Waals surface area contributed by atoms with Crippen molar-refractivity contribution >= 4 is 12.4 Å². The maximum atomic E-state index is 13.8. The summed E-state index contributed by atoms with van der Waals surface area (Å²) in [5.74, 6) is 0.616. The van der Waals surface area contributed by atoms with Crippen LogP contribution in [0.1, 0.15) is 18.4 Å². The first-order valence-corrected chi connectivity index (χ1v) is 7.02. The van der Waals surface area contributed by atoms with E-state index in [9.17, 15) is 4.39 Å². The van der Waals surface area contributed by atoms with Crippen molar-refractivity contribution in [3.05, 3.63) is 53.8 Å². The van der Waals surface area contributed by atoms with E-state index in [1.807, 2.05) is 30.3 Å². The first-order valence-electron chi connectivity index (χ1n) is 7.02. The number of ether oxygens (including phenoxy) is 1. The molecule has 1 aliphatic rings. The number of aryl methyl sites for hydroxylation is 1. The summed E-state index contributed by atoms with van der Waals surface area (Å²) < 4.78 is 19.9. The minimum atomic E-state index is -0.205. The Labute approximate surface area is 130 Å². The largest absolute Gasteiger partial charge is 0.489 e. The Kier molecular flexibility index (Phi) is 5.21. The van der Waals surface area contributed by atoms with Crippen molar-refractivity contribution in [2.45, 2.75) is 25.4 Å². The normalized spacial score (nSPS) is 16.6. The zero-order valence-electron chi connectivity index (χ0n) is 11.7. The molecule has 21 heavy (non-hydrogen) atoms. The van der Waals surface area contributed by atoms with Gasteiger partial charge in [0.05, 0.1) is 0 Å². The molecule has 0 spiro atoms. The smallest absolute Gasteiger partial charge is 0.130 e. The van der Waals surface area contributed by atoms with Crippen LogP contribution >= 0.6 is 12.4 Å². The van der Waals surface area contributed by atoms with E-state index < -0.39 is 0 Å². The first kappa shape index (κ1) is 15.8. The third-order valence-corrected chi connectivity index (χ3v) is 3.72. The number of nitrogens with two attached hydrogens (primary N) is 1. The van der Waals surface area contributed by atoms with Crippen molar-refractivity contribution in [2.75, 3.05) is 6.54 Å². The molecule has 0 aliphatic carbocycles. The van der Waals surface area contributed by atoms with Gasteiger partial charge in [0, 0.05) is 5.56 Å². The molecule has 4 heteroatoms. The van der Waals surface area contributed by atoms with E-state index in [4.69, 9.17) is 10.5 Å². The molecule has 2 N–H and O–H groups in total. The van der Waals surface area contributed by atoms with Gasteiger partial charge in [0.25, 0.3) is 0 Å². The average Bonchev–Trinajstić information content (AvgIpc) is 2.48. The van der Waals surface area contributed by atoms with Gasteiger partial charge in [-0.3, -0.25) is 0 Å². The Balaban J connectivity index is 0.00000161. The van der Waals surface area contributed by atoms with Crippen molar-refractivity contribution in [1.29, 1.82) is 0 Å². The summed E-state index contributed by atoms with van der Waals surface area (Å²) in [5, 5.41) is 0. The molecule has 1 atom stereocenters. The van der Waals surface area contributed by atoms with Crippen molar-refractivity contribution < 1.29 is 9.13 Å². The van der Waals surface area contributed by atoms with Crippen molar-refractivity contribution in [1.82, 2.24) is 0 Å². The van der Waals surface area contributed by atoms with Crippen LogP contribution < -0.4 is 10.5 Å². The molecule has 0 bridgehead atoms. The molecule has 2 nitrogen and oxygen atoms in total. The second-order valence-electron chi connectivity index (χ2n) is 5.16. The zero-order valence-corrected chi connectivity index (χ0v) is 12.5. The van der Waals surface area contributed by atoms with E-state index in [0.717, 1.165) is 41.7 Å². The quantitative estimate of drug-likeness (QED) is 0.931. The van der Waals surface area contributed by atoms with E-state index in [1.54, 1.807) is 12.1 Å². The van der Waals surface area contributed by atoms with Crippen LogP contribution in [0.5, 0.6) is 5.75 Å². The van der Waals surface area contributed by atoms with E-state index in [-0.39, 0.29) is 24.3 Å². The number of fused-ring (bicyclic) bond motifs is 1. The van der Waals surface area contributed by atoms with Crippen molar-refractivity contribution in [2.24, 2.45) is 5.73 Å². The lowest BCUT2D eigenvalue weighted by Crippen LogP contribution is -2.26. The zero-order chi connectivity index (χ0) is 13.9. The van der Waals surface area contributed by atoms with Crippen LogP contribution in [-0.2, 0) is 6.42 Å². The predicted octanol–water partition coefficient (Wildman–Crippen LogP) is 3.96. The van der Waals surface area contributed by atoms with Gasteiger partial charge in [-0.2, -0.15) is 0 Å². The fourth-order valence-corrected chi connectivity index (χ4v) is 2.74. The minimum Gasteiger partial charge on any atom is -0.489 e. The highest BCUT2D eigenvalue weighted by Gasteiger charge is 2.23. The lowest BCUT2D eigenvalue weighted by molar-refractivity contribution is 0.167. The molecule has 0 radical (unpaired) electrons. The summed E-state index contributed by atoms with van der Waals surface area (Å²) in [6.07, 6.45) is 2.73. The van der Waals surface area contributed by atoms with Gasteiger partial charge >= 0.3 is 0 Å². The molecule has 0 aromatic heterocycles. The fourth-order valence-electron chi connectivity index (χ4n) is 2.74. The predicted molar refractivity (Wildman–Crippen MR) is 85.5 cm³/mol. The number of rotatable bonds is 3. The lowest BCUT2D eigenvalue weighted by Gasteiger charge is -2.28. The molecule has 0 saturated carbocycles. The van der Waals surface area contributed by atoms with Crippen LogP contribution in [0.4, 0.5) is 4.39 Å². The van der Waals surface area contributed by atoms with Gasteiger partial charge in [0.2, 0.25) is 0 Å². The highest BCUT2D eigenvalue weighted by Crippen LogP contribution is 2.38. The van der Waals surface area contributed by atoms with Crippen LogP contribution in [0.25, 0.3) is 11.1 Å². The van der Waals surface area contributed by atoms with Crippen LogP contribution in [-0.4, -0.2) is 12.6 Å². The van der Waals surface area contributed by atoms with E-state index in [0.29, 0.717) is 6.54 Å². The second kappa shape index (κ2) is 6.92. The van der Waals surface area contributed by atoms with Gasteiger partial charge in [-0.05, 0) is 49.1 Å². The molecule has 2 aromatic rings. The molecule has 3 rings (SSSR count). The van der Waals surface area contributed by atoms with Crippen LogP contribution in [0.15, 0.2) is 42.5 Å². The van der Waals surface area contributed by atoms with Crippen LogP contribution in [0.3, 0.4) is 0 Å². The van der Waals surface area contributed by atoms with Gasteiger partial charge in [0.1, 0.15) is 17.7 Å². The van der Waals surface area contributed by atoms with Gasteiger partial charge in [0.15, 0.2) is 0 Å². The van der Waals surface area contributed by atoms with Gasteiger partial charge in [-0.25, -0.2) is 4.39 Å². The number of hydrogen-bond donors (Lipinski definition) is 1. The van der Waals surface area contributed by atoms with Gasteiger partial charge in [-0.15, -0.1) is 12.4 Å². The molecule has 1 aliphatic heterocycles. The summed E-state index contributed by atoms with van der Waals surface area (Å²) in [7, 11) is 0. The molecule has 1 heterocycles. The summed E-state index contributed by atoms with van der Waals surface area (Å²) in [4.78, 5) is 0.